The van der Waals surface area contributed by atoms with Crippen LogP contribution in [0.1, 0.15) is 25.7 Å². The number of hydrogen-bond donors (Lipinski definition) is 2. The monoisotopic (exact) mass is 259 g/mol. The van der Waals surface area contributed by atoms with Crippen molar-refractivity contribution in [2.75, 3.05) is 0 Å². The fourth-order valence-electron chi connectivity index (χ4n) is 2.04. The molecule has 0 aromatic carbocycles. The van der Waals surface area contributed by atoms with Crippen LogP contribution in [-0.2, 0) is 17.1 Å². The Morgan fingerprint density at radius 3 is 2.76 bits per heavy atom. The van der Waals surface area contributed by atoms with Gasteiger partial charge in [0.15, 0.2) is 5.03 Å². The van der Waals surface area contributed by atoms with Gasteiger partial charge in [-0.3, -0.25) is 0 Å². The lowest BCUT2D eigenvalue weighted by Gasteiger charge is -2.27. The second-order valence-corrected chi connectivity index (χ2v) is 6.12. The molecular weight excluding hydrogens is 242 g/mol. The maximum atomic E-state index is 12.0. The molecule has 0 bridgehead atoms. The number of aryl methyl sites for hydroxylation is 1. The van der Waals surface area contributed by atoms with Gasteiger partial charge >= 0.3 is 0 Å². The van der Waals surface area contributed by atoms with Crippen LogP contribution in [0.5, 0.6) is 0 Å². The number of nitrogens with zero attached hydrogens (tertiary/aromatic N) is 2. The lowest BCUT2D eigenvalue weighted by Crippen LogP contribution is -2.45. The van der Waals surface area contributed by atoms with Crippen LogP contribution in [0, 0.1) is 0 Å². The molecule has 0 amide bonds. The first-order valence-electron chi connectivity index (χ1n) is 5.67. The summed E-state index contributed by atoms with van der Waals surface area (Å²) in [5.74, 6) is 0. The molecule has 0 aliphatic heterocycles. The molecule has 17 heavy (non-hydrogen) atoms. The first-order chi connectivity index (χ1) is 7.99. The van der Waals surface area contributed by atoms with Crippen LogP contribution in [-0.4, -0.2) is 35.2 Å². The maximum Gasteiger partial charge on any atom is 0.259 e. The molecule has 96 valence electrons. The third-order valence-electron chi connectivity index (χ3n) is 2.99. The van der Waals surface area contributed by atoms with Gasteiger partial charge in [-0.1, -0.05) is 12.8 Å². The molecule has 2 N–H and O–H groups in total. The smallest absolute Gasteiger partial charge is 0.259 e. The van der Waals surface area contributed by atoms with Crippen LogP contribution < -0.4 is 4.72 Å². The number of rotatable bonds is 3. The largest absolute Gasteiger partial charge is 0.391 e. The van der Waals surface area contributed by atoms with E-state index in [9.17, 15) is 13.5 Å². The number of hydrogen-bond acceptors (Lipinski definition) is 4. The van der Waals surface area contributed by atoms with Crippen LogP contribution >= 0.6 is 0 Å². The van der Waals surface area contributed by atoms with Crippen molar-refractivity contribution in [3.05, 3.63) is 12.5 Å². The minimum Gasteiger partial charge on any atom is -0.391 e. The Kier molecular flexibility index (Phi) is 3.50. The van der Waals surface area contributed by atoms with Crippen molar-refractivity contribution in [1.29, 1.82) is 0 Å². The van der Waals surface area contributed by atoms with Gasteiger partial charge in [-0.25, -0.2) is 18.1 Å². The molecule has 1 aromatic rings. The lowest BCUT2D eigenvalue weighted by atomic mass is 9.93. The van der Waals surface area contributed by atoms with E-state index in [1.54, 1.807) is 11.6 Å². The second-order valence-electron chi connectivity index (χ2n) is 4.46. The van der Waals surface area contributed by atoms with Gasteiger partial charge in [-0.15, -0.1) is 0 Å². The summed E-state index contributed by atoms with van der Waals surface area (Å²) in [6, 6.07) is -0.393. The summed E-state index contributed by atoms with van der Waals surface area (Å²) < 4.78 is 28.0. The Morgan fingerprint density at radius 1 is 1.47 bits per heavy atom. The van der Waals surface area contributed by atoms with Crippen molar-refractivity contribution < 1.29 is 13.5 Å². The predicted molar refractivity (Wildman–Crippen MR) is 61.8 cm³/mol. The summed E-state index contributed by atoms with van der Waals surface area (Å²) in [6.07, 6.45) is 5.49. The van der Waals surface area contributed by atoms with E-state index in [2.05, 4.69) is 9.71 Å². The minimum absolute atomic E-state index is 0.00206. The SMILES string of the molecule is Cn1cnc(S(=O)(=O)NC2CCCCC2O)c1. The zero-order valence-electron chi connectivity index (χ0n) is 9.70. The number of nitrogens with one attached hydrogen (secondary N) is 1. The summed E-state index contributed by atoms with van der Waals surface area (Å²) >= 11 is 0. The summed E-state index contributed by atoms with van der Waals surface area (Å²) in [7, 11) is -1.90. The lowest BCUT2D eigenvalue weighted by molar-refractivity contribution is 0.101. The molecule has 1 saturated carbocycles. The Labute approximate surface area is 101 Å². The van der Waals surface area contributed by atoms with Crippen molar-refractivity contribution in [3.63, 3.8) is 0 Å². The molecule has 1 fully saturated rings. The molecule has 1 aliphatic rings. The van der Waals surface area contributed by atoms with E-state index < -0.39 is 22.2 Å². The van der Waals surface area contributed by atoms with Crippen molar-refractivity contribution in [2.45, 2.75) is 42.9 Å². The van der Waals surface area contributed by atoms with Gasteiger partial charge in [0.25, 0.3) is 10.0 Å². The van der Waals surface area contributed by atoms with Gasteiger partial charge in [0.05, 0.1) is 12.4 Å². The summed E-state index contributed by atoms with van der Waals surface area (Å²) in [4.78, 5) is 3.81. The third kappa shape index (κ3) is 2.85. The Bertz CT molecular complexity index is 483. The topological polar surface area (TPSA) is 84.2 Å². The van der Waals surface area contributed by atoms with Gasteiger partial charge in [0, 0.05) is 19.3 Å². The standard InChI is InChI=1S/C10H17N3O3S/c1-13-6-10(11-7-13)17(15,16)12-8-4-2-3-5-9(8)14/h6-9,12,14H,2-5H2,1H3. The second kappa shape index (κ2) is 4.75. The molecule has 2 atom stereocenters. The molecule has 1 heterocycles. The quantitative estimate of drug-likeness (QED) is 0.800. The van der Waals surface area contributed by atoms with Gasteiger partial charge < -0.3 is 9.67 Å². The normalized spacial score (nSPS) is 26.0. The highest BCUT2D eigenvalue weighted by Gasteiger charge is 2.28. The number of aromatic nitrogens is 2. The highest BCUT2D eigenvalue weighted by Crippen LogP contribution is 2.20. The van der Waals surface area contributed by atoms with Crippen molar-refractivity contribution >= 4 is 10.0 Å². The van der Waals surface area contributed by atoms with Crippen molar-refractivity contribution in [3.8, 4) is 0 Å². The highest BCUT2D eigenvalue weighted by molar-refractivity contribution is 7.89. The first-order valence-corrected chi connectivity index (χ1v) is 7.16. The molecule has 0 spiro atoms. The van der Waals surface area contributed by atoms with E-state index in [1.165, 1.54) is 12.5 Å². The number of sulfonamides is 1. The van der Waals surface area contributed by atoms with Gasteiger partial charge in [-0.05, 0) is 12.8 Å². The fourth-order valence-corrected chi connectivity index (χ4v) is 3.32. The molecule has 6 nitrogen and oxygen atoms in total. The fraction of sp³-hybridized carbons (Fsp3) is 0.700. The van der Waals surface area contributed by atoms with E-state index in [0.29, 0.717) is 12.8 Å². The highest BCUT2D eigenvalue weighted by atomic mass is 32.2. The summed E-state index contributed by atoms with van der Waals surface area (Å²) in [6.45, 7) is 0. The van der Waals surface area contributed by atoms with E-state index in [4.69, 9.17) is 0 Å². The predicted octanol–water partition coefficient (Wildman–Crippen LogP) is 0.00190. The summed E-state index contributed by atoms with van der Waals surface area (Å²) in [5.41, 5.74) is 0. The van der Waals surface area contributed by atoms with Crippen LogP contribution in [0.4, 0.5) is 0 Å². The Morgan fingerprint density at radius 2 is 2.18 bits per heavy atom. The minimum atomic E-state index is -3.61. The van der Waals surface area contributed by atoms with Crippen LogP contribution in [0.3, 0.4) is 0 Å². The third-order valence-corrected chi connectivity index (χ3v) is 4.37. The maximum absolute atomic E-state index is 12.0. The van der Waals surface area contributed by atoms with E-state index in [0.717, 1.165) is 12.8 Å². The van der Waals surface area contributed by atoms with Crippen molar-refractivity contribution in [1.82, 2.24) is 14.3 Å². The molecular formula is C10H17N3O3S. The van der Waals surface area contributed by atoms with Gasteiger partial charge in [-0.2, -0.15) is 0 Å². The van der Waals surface area contributed by atoms with E-state index in [1.807, 2.05) is 0 Å². The average molecular weight is 259 g/mol. The van der Waals surface area contributed by atoms with Crippen LogP contribution in [0.2, 0.25) is 0 Å². The Hall–Kier alpha value is -0.920. The van der Waals surface area contributed by atoms with Crippen LogP contribution in [0.15, 0.2) is 17.6 Å². The van der Waals surface area contributed by atoms with Gasteiger partial charge in [0.2, 0.25) is 0 Å². The van der Waals surface area contributed by atoms with E-state index in [-0.39, 0.29) is 5.03 Å². The molecule has 1 aliphatic carbocycles. The number of aliphatic hydroxyl groups is 1. The molecule has 0 saturated heterocycles. The average Bonchev–Trinajstić information content (AvgIpc) is 2.69. The van der Waals surface area contributed by atoms with Crippen LogP contribution in [0.25, 0.3) is 0 Å². The zero-order chi connectivity index (χ0) is 12.5. The number of imidazole rings is 1. The Balaban J connectivity index is 2.11. The molecule has 7 heteroatoms. The van der Waals surface area contributed by atoms with Crippen molar-refractivity contribution in [2.24, 2.45) is 7.05 Å². The zero-order valence-corrected chi connectivity index (χ0v) is 10.5. The molecule has 2 rings (SSSR count). The molecule has 1 aromatic heterocycles. The number of aliphatic hydroxyl groups excluding tert-OH is 1. The van der Waals surface area contributed by atoms with E-state index >= 15 is 0 Å². The molecule has 0 radical (unpaired) electrons. The molecule has 2 unspecified atom stereocenters. The summed E-state index contributed by atoms with van der Waals surface area (Å²) in [5, 5.41) is 9.73. The van der Waals surface area contributed by atoms with Gasteiger partial charge in [0.1, 0.15) is 0 Å². The first kappa shape index (κ1) is 12.5.